The van der Waals surface area contributed by atoms with Gasteiger partial charge in [0.15, 0.2) is 0 Å². The van der Waals surface area contributed by atoms with Crippen molar-refractivity contribution in [2.45, 2.75) is 32.7 Å². The van der Waals surface area contributed by atoms with Crippen LogP contribution in [-0.4, -0.2) is 12.5 Å². The van der Waals surface area contributed by atoms with E-state index in [1.54, 1.807) is 11.3 Å². The maximum absolute atomic E-state index is 12.6. The Kier molecular flexibility index (Phi) is 6.43. The summed E-state index contributed by atoms with van der Waals surface area (Å²) in [6.07, 6.45) is 0. The lowest BCUT2D eigenvalue weighted by Gasteiger charge is -2.19. The molecule has 1 atom stereocenters. The average Bonchev–Trinajstić information content (AvgIpc) is 3.18. The van der Waals surface area contributed by atoms with Crippen molar-refractivity contribution in [2.24, 2.45) is 0 Å². The van der Waals surface area contributed by atoms with E-state index < -0.39 is 0 Å². The van der Waals surface area contributed by atoms with Crippen LogP contribution in [0.1, 0.15) is 47.4 Å². The van der Waals surface area contributed by atoms with Crippen LogP contribution in [0.15, 0.2) is 66.0 Å². The summed E-state index contributed by atoms with van der Waals surface area (Å²) < 4.78 is 0. The lowest BCUT2D eigenvalue weighted by atomic mass is 10.0. The fraction of sp³-hybridized carbons (Fsp3) is 0.261. The molecule has 1 heterocycles. The fourth-order valence-corrected chi connectivity index (χ4v) is 3.93. The molecule has 2 N–H and O–H groups in total. The molecule has 3 nitrogen and oxygen atoms in total. The van der Waals surface area contributed by atoms with Crippen molar-refractivity contribution < 1.29 is 4.79 Å². The van der Waals surface area contributed by atoms with Gasteiger partial charge in [-0.15, -0.1) is 11.3 Å². The Morgan fingerprint density at radius 1 is 1.00 bits per heavy atom. The summed E-state index contributed by atoms with van der Waals surface area (Å²) in [5, 5.41) is 8.55. The second-order valence-corrected chi connectivity index (χ2v) is 8.01. The van der Waals surface area contributed by atoms with Gasteiger partial charge in [0.2, 0.25) is 5.91 Å². The van der Waals surface area contributed by atoms with Crippen LogP contribution >= 0.6 is 11.3 Å². The molecule has 0 unspecified atom stereocenters. The summed E-state index contributed by atoms with van der Waals surface area (Å²) in [5.74, 6) is 0.331. The van der Waals surface area contributed by atoms with E-state index in [2.05, 4.69) is 73.2 Å². The molecule has 1 amide bonds. The van der Waals surface area contributed by atoms with E-state index in [4.69, 9.17) is 0 Å². The molecule has 0 spiro atoms. The normalized spacial score (nSPS) is 12.1. The second kappa shape index (κ2) is 8.98. The largest absolute Gasteiger partial charge is 0.325 e. The van der Waals surface area contributed by atoms with Gasteiger partial charge in [-0.2, -0.15) is 0 Å². The molecule has 0 saturated carbocycles. The van der Waals surface area contributed by atoms with Crippen LogP contribution in [0.3, 0.4) is 0 Å². The van der Waals surface area contributed by atoms with Crippen molar-refractivity contribution in [3.63, 3.8) is 0 Å². The minimum atomic E-state index is -0.0308. The highest BCUT2D eigenvalue weighted by molar-refractivity contribution is 7.10. The standard InChI is InChI=1S/C23H26N2OS/c1-16(2)19-7-4-5-8-20(19)25-22(26)15-24-23(21-9-6-14-27-21)18-12-10-17(3)11-13-18/h4-14,16,23-24H,15H2,1-3H3,(H,25,26)/t23-/m1/s1. The van der Waals surface area contributed by atoms with Crippen molar-refractivity contribution in [3.8, 4) is 0 Å². The molecule has 0 bridgehead atoms. The van der Waals surface area contributed by atoms with Gasteiger partial charge in [0, 0.05) is 10.6 Å². The number of nitrogens with one attached hydrogen (secondary N) is 2. The van der Waals surface area contributed by atoms with Gasteiger partial charge < -0.3 is 5.32 Å². The molecule has 0 saturated heterocycles. The number of para-hydroxylation sites is 1. The number of hydrogen-bond acceptors (Lipinski definition) is 3. The summed E-state index contributed by atoms with van der Waals surface area (Å²) in [4.78, 5) is 13.8. The lowest BCUT2D eigenvalue weighted by molar-refractivity contribution is -0.115. The van der Waals surface area contributed by atoms with Crippen molar-refractivity contribution in [1.29, 1.82) is 0 Å². The number of hydrogen-bond donors (Lipinski definition) is 2. The van der Waals surface area contributed by atoms with E-state index in [-0.39, 0.29) is 18.5 Å². The number of aryl methyl sites for hydroxylation is 1. The first kappa shape index (κ1) is 19.3. The predicted molar refractivity (Wildman–Crippen MR) is 115 cm³/mol. The first-order valence-electron chi connectivity index (χ1n) is 9.26. The van der Waals surface area contributed by atoms with E-state index in [0.29, 0.717) is 5.92 Å². The van der Waals surface area contributed by atoms with Gasteiger partial charge in [0.05, 0.1) is 12.6 Å². The Balaban J connectivity index is 1.70. The number of thiophene rings is 1. The molecular formula is C23H26N2OS. The van der Waals surface area contributed by atoms with E-state index >= 15 is 0 Å². The van der Waals surface area contributed by atoms with Gasteiger partial charge >= 0.3 is 0 Å². The van der Waals surface area contributed by atoms with Gasteiger partial charge in [0.25, 0.3) is 0 Å². The molecule has 0 aliphatic heterocycles. The number of carbonyl (C=O) groups is 1. The van der Waals surface area contributed by atoms with Gasteiger partial charge in [-0.25, -0.2) is 0 Å². The third kappa shape index (κ3) is 5.06. The summed E-state index contributed by atoms with van der Waals surface area (Å²) in [6.45, 7) is 6.60. The van der Waals surface area contributed by atoms with E-state index in [1.165, 1.54) is 16.0 Å². The van der Waals surface area contributed by atoms with Gasteiger partial charge in [-0.05, 0) is 41.5 Å². The van der Waals surface area contributed by atoms with Crippen molar-refractivity contribution in [2.75, 3.05) is 11.9 Å². The Morgan fingerprint density at radius 2 is 1.74 bits per heavy atom. The number of amides is 1. The highest BCUT2D eigenvalue weighted by Crippen LogP contribution is 2.27. The Morgan fingerprint density at radius 3 is 2.41 bits per heavy atom. The van der Waals surface area contributed by atoms with Gasteiger partial charge in [-0.1, -0.05) is 67.9 Å². The summed E-state index contributed by atoms with van der Waals surface area (Å²) in [5.41, 5.74) is 4.44. The molecule has 0 radical (unpaired) electrons. The predicted octanol–water partition coefficient (Wildman–Crippen LogP) is 5.50. The smallest absolute Gasteiger partial charge is 0.238 e. The molecule has 3 aromatic rings. The highest BCUT2D eigenvalue weighted by atomic mass is 32.1. The topological polar surface area (TPSA) is 41.1 Å². The Bertz CT molecular complexity index is 870. The fourth-order valence-electron chi connectivity index (χ4n) is 3.10. The van der Waals surface area contributed by atoms with Crippen LogP contribution in [0, 0.1) is 6.92 Å². The van der Waals surface area contributed by atoms with E-state index in [0.717, 1.165) is 11.3 Å². The number of carbonyl (C=O) groups excluding carboxylic acids is 1. The maximum atomic E-state index is 12.6. The highest BCUT2D eigenvalue weighted by Gasteiger charge is 2.17. The molecule has 2 aromatic carbocycles. The van der Waals surface area contributed by atoms with Crippen molar-refractivity contribution >= 4 is 22.9 Å². The van der Waals surface area contributed by atoms with Crippen LogP contribution in [0.4, 0.5) is 5.69 Å². The third-order valence-corrected chi connectivity index (χ3v) is 5.50. The van der Waals surface area contributed by atoms with Crippen LogP contribution in [0.5, 0.6) is 0 Å². The minimum Gasteiger partial charge on any atom is -0.325 e. The maximum Gasteiger partial charge on any atom is 0.238 e. The minimum absolute atomic E-state index is 0.0108. The monoisotopic (exact) mass is 378 g/mol. The summed E-state index contributed by atoms with van der Waals surface area (Å²) in [6, 6.07) is 20.6. The Labute approximate surface area is 165 Å². The SMILES string of the molecule is Cc1ccc([C@@H](NCC(=O)Nc2ccccc2C(C)C)c2cccs2)cc1. The zero-order chi connectivity index (χ0) is 19.2. The molecule has 0 aliphatic rings. The molecular weight excluding hydrogens is 352 g/mol. The molecule has 1 aromatic heterocycles. The first-order valence-corrected chi connectivity index (χ1v) is 10.1. The van der Waals surface area contributed by atoms with Gasteiger partial charge in [0.1, 0.15) is 0 Å². The molecule has 27 heavy (non-hydrogen) atoms. The summed E-state index contributed by atoms with van der Waals surface area (Å²) in [7, 11) is 0. The van der Waals surface area contributed by atoms with Gasteiger partial charge in [-0.3, -0.25) is 10.1 Å². The number of anilines is 1. The average molecular weight is 379 g/mol. The zero-order valence-electron chi connectivity index (χ0n) is 16.0. The lowest BCUT2D eigenvalue weighted by Crippen LogP contribution is -2.31. The van der Waals surface area contributed by atoms with Crippen LogP contribution in [-0.2, 0) is 4.79 Å². The third-order valence-electron chi connectivity index (χ3n) is 4.56. The molecule has 140 valence electrons. The van der Waals surface area contributed by atoms with Crippen molar-refractivity contribution in [3.05, 3.63) is 87.6 Å². The molecule has 0 aliphatic carbocycles. The van der Waals surface area contributed by atoms with E-state index in [9.17, 15) is 4.79 Å². The first-order chi connectivity index (χ1) is 13.0. The summed E-state index contributed by atoms with van der Waals surface area (Å²) >= 11 is 1.70. The van der Waals surface area contributed by atoms with Crippen LogP contribution < -0.4 is 10.6 Å². The van der Waals surface area contributed by atoms with Crippen molar-refractivity contribution in [1.82, 2.24) is 5.32 Å². The van der Waals surface area contributed by atoms with Crippen LogP contribution in [0.2, 0.25) is 0 Å². The number of benzene rings is 2. The molecule has 0 fully saturated rings. The van der Waals surface area contributed by atoms with Crippen LogP contribution in [0.25, 0.3) is 0 Å². The zero-order valence-corrected chi connectivity index (χ0v) is 16.8. The number of rotatable bonds is 7. The second-order valence-electron chi connectivity index (χ2n) is 7.03. The quantitative estimate of drug-likeness (QED) is 0.570. The van der Waals surface area contributed by atoms with E-state index in [1.807, 2.05) is 24.3 Å². The Hall–Kier alpha value is -2.43. The molecule has 3 rings (SSSR count). The molecule has 4 heteroatoms.